The van der Waals surface area contributed by atoms with E-state index in [-0.39, 0.29) is 0 Å². The maximum Gasteiger partial charge on any atom is 0.0408 e. The Balaban J connectivity index is 1.05. The number of hydrogen-bond donors (Lipinski definition) is 0. The number of nitrogens with zero attached hydrogens (tertiary/aromatic N) is 1. The molecule has 0 unspecified atom stereocenters. The van der Waals surface area contributed by atoms with Crippen molar-refractivity contribution in [2.75, 3.05) is 11.9 Å². The Bertz CT molecular complexity index is 1190. The number of allylic oxidation sites excluding steroid dienone is 8. The molecule has 36 heavy (non-hydrogen) atoms. The van der Waals surface area contributed by atoms with Crippen molar-refractivity contribution in [1.82, 2.24) is 0 Å². The molecule has 0 fully saturated rings. The maximum atomic E-state index is 2.45. The van der Waals surface area contributed by atoms with Gasteiger partial charge in [0, 0.05) is 18.4 Å². The molecule has 0 spiro atoms. The van der Waals surface area contributed by atoms with Gasteiger partial charge in [0.05, 0.1) is 0 Å². The Morgan fingerprint density at radius 3 is 1.94 bits per heavy atom. The molecule has 0 radical (unpaired) electrons. The van der Waals surface area contributed by atoms with E-state index in [1.807, 2.05) is 0 Å². The van der Waals surface area contributed by atoms with E-state index < -0.39 is 0 Å². The van der Waals surface area contributed by atoms with E-state index >= 15 is 0 Å². The molecule has 0 amide bonds. The zero-order chi connectivity index (χ0) is 24.7. The first-order valence-corrected chi connectivity index (χ1v) is 14.4. The summed E-state index contributed by atoms with van der Waals surface area (Å²) < 4.78 is 0. The average molecular weight is 478 g/mol. The quantitative estimate of drug-likeness (QED) is 0.291. The Hall–Kier alpha value is -2.80. The minimum absolute atomic E-state index is 1.12. The van der Waals surface area contributed by atoms with Gasteiger partial charge in [-0.15, -0.1) is 0 Å². The molecule has 0 bridgehead atoms. The monoisotopic (exact) mass is 477 g/mol. The van der Waals surface area contributed by atoms with Gasteiger partial charge < -0.3 is 4.90 Å². The minimum atomic E-state index is 1.12. The third kappa shape index (κ3) is 6.30. The largest absolute Gasteiger partial charge is 0.348 e. The van der Waals surface area contributed by atoms with Gasteiger partial charge in [-0.1, -0.05) is 73.4 Å². The molecular formula is C35H43N. The average Bonchev–Trinajstić information content (AvgIpc) is 2.90. The van der Waals surface area contributed by atoms with Crippen molar-refractivity contribution >= 4 is 5.69 Å². The van der Waals surface area contributed by atoms with Crippen LogP contribution < -0.4 is 4.90 Å². The standard InChI is InChI=1S/C35H43N/c1-27-13-16-30(17-14-27)31-21-23-34(24-22-31)36(2)35-12-8-11-28(26-35)9-6-4-3-5-7-10-29-15-18-32-19-20-33(32)25-29/h8,11-13,15-16,18,21,23,25-26H,3-7,9-10,14,17,19-20,22,24H2,1-2H3. The van der Waals surface area contributed by atoms with Crippen LogP contribution in [0.1, 0.15) is 87.0 Å². The fourth-order valence-electron chi connectivity index (χ4n) is 5.86. The molecule has 0 heterocycles. The van der Waals surface area contributed by atoms with Crippen molar-refractivity contribution in [3.63, 3.8) is 0 Å². The summed E-state index contributed by atoms with van der Waals surface area (Å²) in [6, 6.07) is 16.4. The van der Waals surface area contributed by atoms with Crippen LogP contribution in [0.15, 0.2) is 89.2 Å². The number of hydrogen-bond acceptors (Lipinski definition) is 1. The van der Waals surface area contributed by atoms with Crippen LogP contribution in [0.5, 0.6) is 0 Å². The highest BCUT2D eigenvalue weighted by Gasteiger charge is 2.16. The number of unbranched alkanes of at least 4 members (excludes halogenated alkanes) is 4. The van der Waals surface area contributed by atoms with Crippen molar-refractivity contribution in [2.24, 2.45) is 0 Å². The van der Waals surface area contributed by atoms with Crippen LogP contribution in [0, 0.1) is 0 Å². The number of benzene rings is 2. The lowest BCUT2D eigenvalue weighted by Gasteiger charge is -2.27. The van der Waals surface area contributed by atoms with Gasteiger partial charge in [-0.2, -0.15) is 0 Å². The van der Waals surface area contributed by atoms with Crippen LogP contribution in [-0.4, -0.2) is 7.05 Å². The Morgan fingerprint density at radius 1 is 0.611 bits per heavy atom. The number of rotatable bonds is 11. The summed E-state index contributed by atoms with van der Waals surface area (Å²) in [5.41, 5.74) is 13.5. The Morgan fingerprint density at radius 2 is 1.31 bits per heavy atom. The summed E-state index contributed by atoms with van der Waals surface area (Å²) in [5.74, 6) is 0. The van der Waals surface area contributed by atoms with E-state index in [1.165, 1.54) is 104 Å². The van der Waals surface area contributed by atoms with E-state index in [9.17, 15) is 0 Å². The van der Waals surface area contributed by atoms with Crippen molar-refractivity contribution in [3.8, 4) is 0 Å². The number of anilines is 1. The SMILES string of the molecule is CC1=CC=C(C2=CC=C(N(C)c3cccc(CCCCCCCc4ccc5c(c4)CC5)c3)CC2)CC1. The van der Waals surface area contributed by atoms with E-state index in [4.69, 9.17) is 0 Å². The van der Waals surface area contributed by atoms with Gasteiger partial charge in [0.25, 0.3) is 0 Å². The lowest BCUT2D eigenvalue weighted by molar-refractivity contribution is 0.613. The molecule has 0 saturated carbocycles. The fourth-order valence-corrected chi connectivity index (χ4v) is 5.86. The van der Waals surface area contributed by atoms with Crippen LogP contribution in [-0.2, 0) is 25.7 Å². The zero-order valence-corrected chi connectivity index (χ0v) is 22.5. The van der Waals surface area contributed by atoms with Crippen LogP contribution in [0.4, 0.5) is 5.69 Å². The molecule has 0 saturated heterocycles. The van der Waals surface area contributed by atoms with Gasteiger partial charge in [0.2, 0.25) is 0 Å². The lowest BCUT2D eigenvalue weighted by atomic mass is 9.86. The predicted molar refractivity (Wildman–Crippen MR) is 156 cm³/mol. The van der Waals surface area contributed by atoms with E-state index in [1.54, 1.807) is 16.7 Å². The van der Waals surface area contributed by atoms with Gasteiger partial charge in [-0.3, -0.25) is 0 Å². The van der Waals surface area contributed by atoms with Gasteiger partial charge in [0.1, 0.15) is 0 Å². The predicted octanol–water partition coefficient (Wildman–Crippen LogP) is 9.23. The smallest absolute Gasteiger partial charge is 0.0408 e. The second-order valence-electron chi connectivity index (χ2n) is 11.2. The second-order valence-corrected chi connectivity index (χ2v) is 11.2. The third-order valence-electron chi connectivity index (χ3n) is 8.49. The summed E-state index contributed by atoms with van der Waals surface area (Å²) in [6.45, 7) is 2.24. The zero-order valence-electron chi connectivity index (χ0n) is 22.5. The molecule has 0 atom stereocenters. The first-order chi connectivity index (χ1) is 17.7. The van der Waals surface area contributed by atoms with Crippen molar-refractivity contribution in [2.45, 2.75) is 90.4 Å². The molecule has 1 heteroatoms. The molecule has 1 nitrogen and oxygen atoms in total. The lowest BCUT2D eigenvalue weighted by Crippen LogP contribution is -2.18. The number of fused-ring (bicyclic) bond motifs is 1. The summed E-state index contributed by atoms with van der Waals surface area (Å²) >= 11 is 0. The Kier molecular flexibility index (Phi) is 8.26. The second kappa shape index (κ2) is 12.0. The van der Waals surface area contributed by atoms with Crippen LogP contribution in [0.25, 0.3) is 0 Å². The molecule has 3 aliphatic rings. The normalized spacial score (nSPS) is 16.8. The molecule has 0 N–H and O–H groups in total. The molecule has 0 aromatic heterocycles. The summed E-state index contributed by atoms with van der Waals surface area (Å²) in [6.07, 6.45) is 25.7. The van der Waals surface area contributed by atoms with Crippen molar-refractivity contribution in [3.05, 3.63) is 111 Å². The third-order valence-corrected chi connectivity index (χ3v) is 8.49. The molecule has 2 aromatic carbocycles. The van der Waals surface area contributed by atoms with Crippen LogP contribution in [0.3, 0.4) is 0 Å². The van der Waals surface area contributed by atoms with Crippen molar-refractivity contribution in [1.29, 1.82) is 0 Å². The topological polar surface area (TPSA) is 3.24 Å². The summed E-state index contributed by atoms with van der Waals surface area (Å²) in [7, 11) is 2.23. The van der Waals surface area contributed by atoms with E-state index in [0.29, 0.717) is 0 Å². The first kappa shape index (κ1) is 24.9. The highest BCUT2D eigenvalue weighted by molar-refractivity contribution is 5.55. The molecule has 5 rings (SSSR count). The van der Waals surface area contributed by atoms with E-state index in [0.717, 1.165) is 12.8 Å². The van der Waals surface area contributed by atoms with Crippen LogP contribution in [0.2, 0.25) is 0 Å². The van der Waals surface area contributed by atoms with Gasteiger partial charge >= 0.3 is 0 Å². The molecule has 2 aromatic rings. The highest BCUT2D eigenvalue weighted by Crippen LogP contribution is 2.32. The first-order valence-electron chi connectivity index (χ1n) is 14.4. The Labute approximate surface area is 219 Å². The molecule has 188 valence electrons. The summed E-state index contributed by atoms with van der Waals surface area (Å²) in [4.78, 5) is 2.40. The fraction of sp³-hybridized carbons (Fsp3) is 0.429. The number of aryl methyl sites for hydroxylation is 4. The van der Waals surface area contributed by atoms with Gasteiger partial charge in [-0.25, -0.2) is 0 Å². The van der Waals surface area contributed by atoms with Crippen molar-refractivity contribution < 1.29 is 0 Å². The maximum absolute atomic E-state index is 2.45. The van der Waals surface area contributed by atoms with Crippen LogP contribution >= 0.6 is 0 Å². The molecule has 3 aliphatic carbocycles. The van der Waals surface area contributed by atoms with Gasteiger partial charge in [-0.05, 0) is 123 Å². The van der Waals surface area contributed by atoms with E-state index in [2.05, 4.69) is 85.6 Å². The minimum Gasteiger partial charge on any atom is -0.348 e. The molecule has 0 aliphatic heterocycles. The summed E-state index contributed by atoms with van der Waals surface area (Å²) in [5, 5.41) is 0. The molecular weight excluding hydrogens is 434 g/mol. The highest BCUT2D eigenvalue weighted by atomic mass is 15.1. The van der Waals surface area contributed by atoms with Gasteiger partial charge in [0.15, 0.2) is 0 Å².